The number of hydrogen-bond donors (Lipinski definition) is 1. The van der Waals surface area contributed by atoms with E-state index in [9.17, 15) is 0 Å². The molecule has 0 amide bonds. The number of para-hydroxylation sites is 1. The van der Waals surface area contributed by atoms with Gasteiger partial charge in [0.25, 0.3) is 0 Å². The summed E-state index contributed by atoms with van der Waals surface area (Å²) >= 11 is 0. The topological polar surface area (TPSA) is 47.7 Å². The molecule has 0 atom stereocenters. The molecule has 0 bridgehead atoms. The smallest absolute Gasteiger partial charge is 0.0841 e. The van der Waals surface area contributed by atoms with Crippen LogP contribution in [0.1, 0.15) is 18.3 Å². The minimum atomic E-state index is 0.815. The van der Waals surface area contributed by atoms with Gasteiger partial charge in [0.05, 0.1) is 11.2 Å². The first kappa shape index (κ1) is 13.8. The molecule has 1 aromatic carbocycles. The SMILES string of the molecule is CCNCc1nn(CCc2ccnn2C)c2ccccc12. The molecule has 3 rings (SSSR count). The number of fused-ring (bicyclic) bond motifs is 1. The summed E-state index contributed by atoms with van der Waals surface area (Å²) in [5.41, 5.74) is 3.55. The van der Waals surface area contributed by atoms with E-state index < -0.39 is 0 Å². The first-order valence-corrected chi connectivity index (χ1v) is 7.41. The second-order valence-corrected chi connectivity index (χ2v) is 5.16. The van der Waals surface area contributed by atoms with Crippen LogP contribution in [0.2, 0.25) is 0 Å². The fourth-order valence-electron chi connectivity index (χ4n) is 2.61. The average Bonchev–Trinajstić information content (AvgIpc) is 3.07. The molecule has 2 heterocycles. The summed E-state index contributed by atoms with van der Waals surface area (Å²) in [5.74, 6) is 0. The van der Waals surface area contributed by atoms with E-state index in [1.165, 1.54) is 16.6 Å². The summed E-state index contributed by atoms with van der Waals surface area (Å²) in [5, 5.41) is 13.6. The third-order valence-electron chi connectivity index (χ3n) is 3.78. The minimum absolute atomic E-state index is 0.815. The van der Waals surface area contributed by atoms with E-state index in [-0.39, 0.29) is 0 Å². The van der Waals surface area contributed by atoms with Gasteiger partial charge in [-0.1, -0.05) is 25.1 Å². The van der Waals surface area contributed by atoms with Gasteiger partial charge in [-0.15, -0.1) is 0 Å². The minimum Gasteiger partial charge on any atom is -0.311 e. The summed E-state index contributed by atoms with van der Waals surface area (Å²) in [6.45, 7) is 4.75. The second kappa shape index (κ2) is 6.10. The van der Waals surface area contributed by atoms with Crippen molar-refractivity contribution in [1.82, 2.24) is 24.9 Å². The number of rotatable bonds is 6. The lowest BCUT2D eigenvalue weighted by Gasteiger charge is -2.04. The monoisotopic (exact) mass is 283 g/mol. The Hall–Kier alpha value is -2.14. The van der Waals surface area contributed by atoms with E-state index >= 15 is 0 Å². The van der Waals surface area contributed by atoms with Crippen LogP contribution in [0.25, 0.3) is 10.9 Å². The predicted octanol–water partition coefficient (Wildman–Crippen LogP) is 2.12. The third kappa shape index (κ3) is 2.83. The van der Waals surface area contributed by atoms with Crippen molar-refractivity contribution in [3.05, 3.63) is 47.9 Å². The van der Waals surface area contributed by atoms with Crippen molar-refractivity contribution >= 4 is 10.9 Å². The van der Waals surface area contributed by atoms with Gasteiger partial charge in [0.15, 0.2) is 0 Å². The van der Waals surface area contributed by atoms with Crippen molar-refractivity contribution in [2.45, 2.75) is 26.4 Å². The highest BCUT2D eigenvalue weighted by molar-refractivity contribution is 5.81. The predicted molar refractivity (Wildman–Crippen MR) is 84.0 cm³/mol. The van der Waals surface area contributed by atoms with Gasteiger partial charge >= 0.3 is 0 Å². The lowest BCUT2D eigenvalue weighted by molar-refractivity contribution is 0.587. The maximum atomic E-state index is 4.78. The molecule has 21 heavy (non-hydrogen) atoms. The molecular weight excluding hydrogens is 262 g/mol. The zero-order chi connectivity index (χ0) is 14.7. The Morgan fingerprint density at radius 2 is 2.05 bits per heavy atom. The van der Waals surface area contributed by atoms with Crippen molar-refractivity contribution in [2.75, 3.05) is 6.54 Å². The highest BCUT2D eigenvalue weighted by atomic mass is 15.3. The molecule has 0 saturated heterocycles. The van der Waals surface area contributed by atoms with Crippen LogP contribution in [0, 0.1) is 0 Å². The molecule has 0 saturated carbocycles. The summed E-state index contributed by atoms with van der Waals surface area (Å²) < 4.78 is 4.03. The molecule has 0 aliphatic heterocycles. The van der Waals surface area contributed by atoms with Gasteiger partial charge in [-0.3, -0.25) is 9.36 Å². The first-order chi connectivity index (χ1) is 10.3. The number of benzene rings is 1. The Kier molecular flexibility index (Phi) is 4.01. The van der Waals surface area contributed by atoms with Crippen LogP contribution in [-0.4, -0.2) is 26.1 Å². The van der Waals surface area contributed by atoms with Crippen LogP contribution in [0.15, 0.2) is 36.5 Å². The lowest BCUT2D eigenvalue weighted by atomic mass is 10.2. The highest BCUT2D eigenvalue weighted by Crippen LogP contribution is 2.18. The molecule has 0 spiro atoms. The van der Waals surface area contributed by atoms with Crippen LogP contribution >= 0.6 is 0 Å². The molecule has 0 fully saturated rings. The molecular formula is C16H21N5. The van der Waals surface area contributed by atoms with Crippen molar-refractivity contribution in [1.29, 1.82) is 0 Å². The summed E-state index contributed by atoms with van der Waals surface area (Å²) in [6.07, 6.45) is 2.77. The Bertz CT molecular complexity index is 725. The van der Waals surface area contributed by atoms with Crippen LogP contribution in [-0.2, 0) is 26.6 Å². The molecule has 3 aromatic rings. The normalized spacial score (nSPS) is 11.3. The fourth-order valence-corrected chi connectivity index (χ4v) is 2.61. The molecule has 0 radical (unpaired) electrons. The number of aryl methyl sites for hydroxylation is 3. The largest absolute Gasteiger partial charge is 0.311 e. The Morgan fingerprint density at radius 3 is 2.81 bits per heavy atom. The van der Waals surface area contributed by atoms with Gasteiger partial charge in [-0.25, -0.2) is 0 Å². The molecule has 5 nitrogen and oxygen atoms in total. The van der Waals surface area contributed by atoms with E-state index in [0.29, 0.717) is 0 Å². The fraction of sp³-hybridized carbons (Fsp3) is 0.375. The van der Waals surface area contributed by atoms with Gasteiger partial charge in [-0.05, 0) is 18.7 Å². The van der Waals surface area contributed by atoms with Crippen molar-refractivity contribution in [3.8, 4) is 0 Å². The van der Waals surface area contributed by atoms with Crippen LogP contribution in [0.3, 0.4) is 0 Å². The zero-order valence-electron chi connectivity index (χ0n) is 12.6. The van der Waals surface area contributed by atoms with E-state index in [1.807, 2.05) is 17.9 Å². The number of aromatic nitrogens is 4. The van der Waals surface area contributed by atoms with Gasteiger partial charge in [0.1, 0.15) is 0 Å². The van der Waals surface area contributed by atoms with Crippen molar-refractivity contribution < 1.29 is 0 Å². The maximum Gasteiger partial charge on any atom is 0.0841 e. The van der Waals surface area contributed by atoms with Crippen molar-refractivity contribution in [2.24, 2.45) is 7.05 Å². The molecule has 2 aromatic heterocycles. The Balaban J connectivity index is 1.86. The van der Waals surface area contributed by atoms with Crippen molar-refractivity contribution in [3.63, 3.8) is 0 Å². The van der Waals surface area contributed by atoms with Crippen LogP contribution in [0.4, 0.5) is 0 Å². The Morgan fingerprint density at radius 1 is 1.19 bits per heavy atom. The number of nitrogens with zero attached hydrogens (tertiary/aromatic N) is 4. The lowest BCUT2D eigenvalue weighted by Crippen LogP contribution is -2.13. The molecule has 1 N–H and O–H groups in total. The van der Waals surface area contributed by atoms with Gasteiger partial charge in [0, 0.05) is 43.8 Å². The molecule has 0 aliphatic carbocycles. The van der Waals surface area contributed by atoms with Crippen LogP contribution in [0.5, 0.6) is 0 Å². The quantitative estimate of drug-likeness (QED) is 0.754. The molecule has 110 valence electrons. The van der Waals surface area contributed by atoms with Gasteiger partial charge in [0.2, 0.25) is 0 Å². The average molecular weight is 283 g/mol. The maximum absolute atomic E-state index is 4.78. The van der Waals surface area contributed by atoms with E-state index in [4.69, 9.17) is 5.10 Å². The number of hydrogen-bond acceptors (Lipinski definition) is 3. The van der Waals surface area contributed by atoms with E-state index in [1.54, 1.807) is 0 Å². The van der Waals surface area contributed by atoms with Gasteiger partial charge in [-0.2, -0.15) is 10.2 Å². The highest BCUT2D eigenvalue weighted by Gasteiger charge is 2.10. The van der Waals surface area contributed by atoms with Gasteiger partial charge < -0.3 is 5.32 Å². The standard InChI is InChI=1S/C16H21N5/c1-3-17-12-15-14-6-4-5-7-16(14)21(19-15)11-9-13-8-10-18-20(13)2/h4-8,10,17H,3,9,11-12H2,1-2H3. The molecule has 0 aliphatic rings. The molecule has 5 heteroatoms. The van der Waals surface area contributed by atoms with E-state index in [0.717, 1.165) is 31.7 Å². The third-order valence-corrected chi connectivity index (χ3v) is 3.78. The molecule has 0 unspecified atom stereocenters. The first-order valence-electron chi connectivity index (χ1n) is 7.41. The summed E-state index contributed by atoms with van der Waals surface area (Å²) in [7, 11) is 1.98. The Labute approximate surface area is 124 Å². The van der Waals surface area contributed by atoms with E-state index in [2.05, 4.69) is 52.4 Å². The summed E-state index contributed by atoms with van der Waals surface area (Å²) in [4.78, 5) is 0. The zero-order valence-corrected chi connectivity index (χ0v) is 12.6. The second-order valence-electron chi connectivity index (χ2n) is 5.16. The number of nitrogens with one attached hydrogen (secondary N) is 1. The summed E-state index contributed by atoms with van der Waals surface area (Å²) in [6, 6.07) is 10.5. The van der Waals surface area contributed by atoms with Crippen LogP contribution < -0.4 is 5.32 Å².